The lowest BCUT2D eigenvalue weighted by atomic mass is 10.0. The molecule has 0 aliphatic carbocycles. The Labute approximate surface area is 179 Å². The monoisotopic (exact) mass is 418 g/mol. The first-order valence-corrected chi connectivity index (χ1v) is 10.5. The minimum absolute atomic E-state index is 0.164. The quantitative estimate of drug-likeness (QED) is 0.560. The van der Waals surface area contributed by atoms with Gasteiger partial charge < -0.3 is 14.8 Å². The predicted molar refractivity (Wildman–Crippen MR) is 124 cm³/mol. The molecular weight excluding hydrogens is 396 g/mol. The number of methoxy groups -OCH3 is 1. The van der Waals surface area contributed by atoms with Crippen LogP contribution in [0.4, 0.5) is 5.69 Å². The van der Waals surface area contributed by atoms with E-state index in [4.69, 9.17) is 9.47 Å². The first kappa shape index (κ1) is 20.0. The van der Waals surface area contributed by atoms with Gasteiger partial charge in [0.15, 0.2) is 5.17 Å². The largest absolute Gasteiger partial charge is 0.494 e. The third-order valence-electron chi connectivity index (χ3n) is 4.71. The molecule has 5 nitrogen and oxygen atoms in total. The van der Waals surface area contributed by atoms with Gasteiger partial charge in [-0.2, -0.15) is 0 Å². The number of aryl methyl sites for hydroxylation is 1. The Balaban J connectivity index is 1.69. The first-order valence-electron chi connectivity index (χ1n) is 9.68. The van der Waals surface area contributed by atoms with Gasteiger partial charge in [0, 0.05) is 5.39 Å². The number of amidine groups is 1. The SMILES string of the molecule is CCOc1ccc(/C=C2\SC(=Nc3cc(C)ccc3OC)NC2=O)c2ccccc12. The van der Waals surface area contributed by atoms with E-state index in [0.29, 0.717) is 28.1 Å². The molecule has 0 unspecified atom stereocenters. The molecule has 3 aromatic carbocycles. The summed E-state index contributed by atoms with van der Waals surface area (Å²) in [6.07, 6.45) is 1.90. The maximum Gasteiger partial charge on any atom is 0.264 e. The van der Waals surface area contributed by atoms with Crippen molar-refractivity contribution in [3.05, 3.63) is 70.6 Å². The summed E-state index contributed by atoms with van der Waals surface area (Å²) in [7, 11) is 1.61. The number of fused-ring (bicyclic) bond motifs is 1. The van der Waals surface area contributed by atoms with Gasteiger partial charge in [0.25, 0.3) is 5.91 Å². The summed E-state index contributed by atoms with van der Waals surface area (Å²) in [6, 6.07) is 17.7. The number of nitrogens with one attached hydrogen (secondary N) is 1. The summed E-state index contributed by atoms with van der Waals surface area (Å²) in [5, 5.41) is 5.44. The maximum absolute atomic E-state index is 12.6. The number of nitrogens with zero attached hydrogens (tertiary/aromatic N) is 1. The molecule has 0 bridgehead atoms. The number of thioether (sulfide) groups is 1. The van der Waals surface area contributed by atoms with Crippen molar-refractivity contribution in [1.82, 2.24) is 5.32 Å². The van der Waals surface area contributed by atoms with Gasteiger partial charge in [0.05, 0.1) is 18.6 Å². The molecule has 152 valence electrons. The molecule has 1 aliphatic rings. The molecule has 1 N–H and O–H groups in total. The van der Waals surface area contributed by atoms with E-state index in [0.717, 1.165) is 27.6 Å². The highest BCUT2D eigenvalue weighted by Crippen LogP contribution is 2.35. The van der Waals surface area contributed by atoms with Crippen molar-refractivity contribution in [2.75, 3.05) is 13.7 Å². The number of carbonyl (C=O) groups excluding carboxylic acids is 1. The summed E-state index contributed by atoms with van der Waals surface area (Å²) >= 11 is 1.32. The Hall–Kier alpha value is -3.25. The van der Waals surface area contributed by atoms with E-state index < -0.39 is 0 Å². The molecular formula is C24H22N2O3S. The normalized spacial score (nSPS) is 16.3. The van der Waals surface area contributed by atoms with E-state index >= 15 is 0 Å². The first-order chi connectivity index (χ1) is 14.6. The molecule has 0 saturated carbocycles. The van der Waals surface area contributed by atoms with Gasteiger partial charge in [-0.3, -0.25) is 4.79 Å². The van der Waals surface area contributed by atoms with E-state index in [1.165, 1.54) is 11.8 Å². The van der Waals surface area contributed by atoms with E-state index in [1.54, 1.807) is 7.11 Å². The van der Waals surface area contributed by atoms with Gasteiger partial charge in [-0.25, -0.2) is 4.99 Å². The number of amides is 1. The predicted octanol–water partition coefficient (Wildman–Crippen LogP) is 5.45. The molecule has 3 aromatic rings. The summed E-state index contributed by atoms with van der Waals surface area (Å²) in [4.78, 5) is 17.8. The van der Waals surface area contributed by atoms with Crippen LogP contribution in [-0.2, 0) is 4.79 Å². The number of ether oxygens (including phenoxy) is 2. The van der Waals surface area contributed by atoms with Crippen LogP contribution in [0.1, 0.15) is 18.1 Å². The minimum atomic E-state index is -0.164. The lowest BCUT2D eigenvalue weighted by Crippen LogP contribution is -2.19. The average molecular weight is 419 g/mol. The molecule has 30 heavy (non-hydrogen) atoms. The van der Waals surface area contributed by atoms with Gasteiger partial charge in [-0.15, -0.1) is 0 Å². The molecule has 0 atom stereocenters. The molecule has 1 amide bonds. The van der Waals surface area contributed by atoms with E-state index in [-0.39, 0.29) is 5.91 Å². The lowest BCUT2D eigenvalue weighted by molar-refractivity contribution is -0.115. The molecule has 0 radical (unpaired) electrons. The van der Waals surface area contributed by atoms with Crippen molar-refractivity contribution in [2.24, 2.45) is 4.99 Å². The molecule has 1 heterocycles. The second kappa shape index (κ2) is 8.63. The zero-order valence-corrected chi connectivity index (χ0v) is 17.9. The second-order valence-electron chi connectivity index (χ2n) is 6.79. The van der Waals surface area contributed by atoms with Crippen LogP contribution >= 0.6 is 11.8 Å². The van der Waals surface area contributed by atoms with E-state index in [1.807, 2.05) is 74.5 Å². The van der Waals surface area contributed by atoms with Gasteiger partial charge >= 0.3 is 0 Å². The zero-order valence-electron chi connectivity index (χ0n) is 17.1. The number of aliphatic imine (C=N–C) groups is 1. The van der Waals surface area contributed by atoms with Crippen LogP contribution in [0.5, 0.6) is 11.5 Å². The highest BCUT2D eigenvalue weighted by molar-refractivity contribution is 8.18. The fourth-order valence-corrected chi connectivity index (χ4v) is 4.15. The third kappa shape index (κ3) is 4.04. The zero-order chi connectivity index (χ0) is 21.1. The minimum Gasteiger partial charge on any atom is -0.494 e. The van der Waals surface area contributed by atoms with E-state index in [2.05, 4.69) is 10.3 Å². The van der Waals surface area contributed by atoms with Crippen LogP contribution in [0.25, 0.3) is 16.8 Å². The Morgan fingerprint density at radius 3 is 2.60 bits per heavy atom. The number of hydrogen-bond donors (Lipinski definition) is 1. The summed E-state index contributed by atoms with van der Waals surface area (Å²) < 4.78 is 11.1. The molecule has 0 aromatic heterocycles. The number of benzene rings is 3. The standard InChI is InChI=1S/C24H22N2O3S/c1-4-29-20-12-10-16(17-7-5-6-8-18(17)20)14-22-23(27)26-24(30-22)25-19-13-15(2)9-11-21(19)28-3/h5-14H,4H2,1-3H3,(H,25,26,27)/b22-14-. The van der Waals surface area contributed by atoms with E-state index in [9.17, 15) is 4.79 Å². The lowest BCUT2D eigenvalue weighted by Gasteiger charge is -2.09. The highest BCUT2D eigenvalue weighted by atomic mass is 32.2. The topological polar surface area (TPSA) is 59.9 Å². The molecule has 1 saturated heterocycles. The van der Waals surface area contributed by atoms with Crippen molar-refractivity contribution >= 4 is 45.4 Å². The smallest absolute Gasteiger partial charge is 0.264 e. The van der Waals surface area contributed by atoms with Crippen molar-refractivity contribution in [2.45, 2.75) is 13.8 Å². The summed E-state index contributed by atoms with van der Waals surface area (Å²) in [5.41, 5.74) is 2.72. The Morgan fingerprint density at radius 2 is 1.83 bits per heavy atom. The van der Waals surface area contributed by atoms with Gasteiger partial charge in [-0.05, 0) is 66.4 Å². The average Bonchev–Trinajstić information content (AvgIpc) is 3.09. The Morgan fingerprint density at radius 1 is 1.07 bits per heavy atom. The molecule has 1 aliphatic heterocycles. The van der Waals surface area contributed by atoms with Crippen molar-refractivity contribution < 1.29 is 14.3 Å². The van der Waals surface area contributed by atoms with Crippen LogP contribution in [-0.4, -0.2) is 24.8 Å². The highest BCUT2D eigenvalue weighted by Gasteiger charge is 2.24. The Bertz CT molecular complexity index is 1180. The van der Waals surface area contributed by atoms with Gasteiger partial charge in [0.1, 0.15) is 17.2 Å². The second-order valence-corrected chi connectivity index (χ2v) is 7.82. The number of carbonyl (C=O) groups is 1. The van der Waals surface area contributed by atoms with Gasteiger partial charge in [0.2, 0.25) is 0 Å². The third-order valence-corrected chi connectivity index (χ3v) is 5.62. The van der Waals surface area contributed by atoms with Crippen LogP contribution in [0.3, 0.4) is 0 Å². The fourth-order valence-electron chi connectivity index (χ4n) is 3.32. The molecule has 6 heteroatoms. The van der Waals surface area contributed by atoms with Crippen molar-refractivity contribution in [1.29, 1.82) is 0 Å². The summed E-state index contributed by atoms with van der Waals surface area (Å²) in [5.74, 6) is 1.34. The molecule has 1 fully saturated rings. The Kier molecular flexibility index (Phi) is 5.77. The fraction of sp³-hybridized carbons (Fsp3) is 0.167. The molecule has 4 rings (SSSR count). The number of hydrogen-bond acceptors (Lipinski definition) is 5. The number of rotatable bonds is 5. The molecule has 0 spiro atoms. The van der Waals surface area contributed by atoms with Crippen LogP contribution in [0.15, 0.2) is 64.5 Å². The summed E-state index contributed by atoms with van der Waals surface area (Å²) in [6.45, 7) is 4.56. The van der Waals surface area contributed by atoms with Gasteiger partial charge in [-0.1, -0.05) is 36.4 Å². The van der Waals surface area contributed by atoms with Crippen molar-refractivity contribution in [3.8, 4) is 11.5 Å². The maximum atomic E-state index is 12.6. The van der Waals surface area contributed by atoms with Crippen LogP contribution in [0, 0.1) is 6.92 Å². The van der Waals surface area contributed by atoms with Crippen LogP contribution < -0.4 is 14.8 Å². The van der Waals surface area contributed by atoms with Crippen LogP contribution in [0.2, 0.25) is 0 Å². The van der Waals surface area contributed by atoms with Crippen molar-refractivity contribution in [3.63, 3.8) is 0 Å².